The summed E-state index contributed by atoms with van der Waals surface area (Å²) >= 11 is 0. The van der Waals surface area contributed by atoms with Gasteiger partial charge in [-0.2, -0.15) is 0 Å². The van der Waals surface area contributed by atoms with E-state index in [0.717, 1.165) is 0 Å². The van der Waals surface area contributed by atoms with E-state index in [2.05, 4.69) is 16.0 Å². The van der Waals surface area contributed by atoms with E-state index in [1.807, 2.05) is 0 Å². The van der Waals surface area contributed by atoms with Gasteiger partial charge in [0.05, 0.1) is 19.8 Å². The fraction of sp³-hybridized carbons (Fsp3) is 0.875. The van der Waals surface area contributed by atoms with Gasteiger partial charge in [0, 0.05) is 20.8 Å². The van der Waals surface area contributed by atoms with Crippen LogP contribution in [-0.4, -0.2) is 191 Å². The van der Waals surface area contributed by atoms with Crippen LogP contribution in [0.4, 0.5) is 0 Å². The maximum absolute atomic E-state index is 10.7. The number of hydrogen-bond acceptors (Lipinski definition) is 18. The highest BCUT2D eigenvalue weighted by atomic mass is 16.6. The second-order valence-electron chi connectivity index (χ2n) is 10.4. The molecule has 0 saturated carbocycles. The highest BCUT2D eigenvalue weighted by Crippen LogP contribution is 2.21. The number of nitrogens with one attached hydrogen (secondary N) is 3. The van der Waals surface area contributed by atoms with Gasteiger partial charge in [0.15, 0.2) is 18.9 Å². The zero-order chi connectivity index (χ0) is 34.8. The first kappa shape index (κ1) is 40.8. The van der Waals surface area contributed by atoms with Gasteiger partial charge in [-0.25, -0.2) is 0 Å². The molecule has 0 aromatic carbocycles. The lowest BCUT2D eigenvalue weighted by Gasteiger charge is -2.40. The van der Waals surface area contributed by atoms with Crippen molar-refractivity contribution >= 4 is 17.7 Å². The summed E-state index contributed by atoms with van der Waals surface area (Å²) in [6.45, 7) is 2.06. The molecule has 15 atom stereocenters. The average Bonchev–Trinajstić information content (AvgIpc) is 2.97. The molecule has 21 heteroatoms. The second-order valence-corrected chi connectivity index (χ2v) is 10.4. The Hall–Kier alpha value is -2.19. The van der Waals surface area contributed by atoms with Crippen LogP contribution >= 0.6 is 0 Å². The van der Waals surface area contributed by atoms with E-state index in [-0.39, 0.29) is 0 Å². The zero-order valence-electron chi connectivity index (χ0n) is 24.6. The van der Waals surface area contributed by atoms with Gasteiger partial charge in [-0.1, -0.05) is 0 Å². The predicted molar refractivity (Wildman–Crippen MR) is 143 cm³/mol. The Morgan fingerprint density at radius 3 is 0.800 bits per heavy atom. The molecule has 3 saturated heterocycles. The number of rotatable bonds is 6. The molecular formula is C24H45N3O18. The van der Waals surface area contributed by atoms with E-state index < -0.39 is 129 Å². The molecule has 3 rings (SSSR count). The summed E-state index contributed by atoms with van der Waals surface area (Å²) in [5, 5.41) is 118. The minimum Gasteiger partial charge on any atom is -0.394 e. The third-order valence-corrected chi connectivity index (χ3v) is 6.81. The van der Waals surface area contributed by atoms with E-state index in [4.69, 9.17) is 29.5 Å². The third kappa shape index (κ3) is 11.5. The van der Waals surface area contributed by atoms with Gasteiger partial charge in [-0.05, 0) is 0 Å². The molecular weight excluding hydrogens is 618 g/mol. The van der Waals surface area contributed by atoms with Crippen molar-refractivity contribution in [3.8, 4) is 0 Å². The molecule has 3 aliphatic heterocycles. The van der Waals surface area contributed by atoms with Crippen LogP contribution in [0.1, 0.15) is 20.8 Å². The Bertz CT molecular complexity index is 820. The van der Waals surface area contributed by atoms with Gasteiger partial charge in [-0.3, -0.25) is 14.4 Å². The molecule has 3 heterocycles. The van der Waals surface area contributed by atoms with E-state index in [0.29, 0.717) is 0 Å². The van der Waals surface area contributed by atoms with Crippen LogP contribution in [0.3, 0.4) is 0 Å². The van der Waals surface area contributed by atoms with Gasteiger partial charge in [-0.15, -0.1) is 0 Å². The molecule has 3 fully saturated rings. The number of aliphatic hydroxyl groups is 12. The van der Waals surface area contributed by atoms with Gasteiger partial charge < -0.3 is 91.4 Å². The summed E-state index contributed by atoms with van der Waals surface area (Å²) < 4.78 is 14.4. The highest BCUT2D eigenvalue weighted by Gasteiger charge is 2.46. The minimum atomic E-state index is -1.45. The van der Waals surface area contributed by atoms with Crippen molar-refractivity contribution in [1.29, 1.82) is 0 Å². The first-order chi connectivity index (χ1) is 20.9. The summed E-state index contributed by atoms with van der Waals surface area (Å²) in [6.07, 6.45) is -15.7. The maximum atomic E-state index is 10.7. The second kappa shape index (κ2) is 18.8. The lowest BCUT2D eigenvalue weighted by molar-refractivity contribution is -0.253. The number of carbonyl (C=O) groups excluding carboxylic acids is 3. The van der Waals surface area contributed by atoms with Crippen molar-refractivity contribution < 1.29 is 89.9 Å². The van der Waals surface area contributed by atoms with Crippen molar-refractivity contribution in [3.63, 3.8) is 0 Å². The molecule has 3 aliphatic rings. The summed E-state index contributed by atoms with van der Waals surface area (Å²) in [7, 11) is 0. The molecule has 0 aromatic heterocycles. The predicted octanol–water partition coefficient (Wildman–Crippen LogP) is -9.23. The third-order valence-electron chi connectivity index (χ3n) is 6.81. The van der Waals surface area contributed by atoms with Crippen molar-refractivity contribution in [2.24, 2.45) is 0 Å². The van der Waals surface area contributed by atoms with Crippen molar-refractivity contribution in [2.75, 3.05) is 19.8 Å². The molecule has 21 nitrogen and oxygen atoms in total. The lowest BCUT2D eigenvalue weighted by atomic mass is 9.97. The number of amides is 3. The van der Waals surface area contributed by atoms with Gasteiger partial charge in [0.25, 0.3) is 0 Å². The molecule has 0 aromatic rings. The lowest BCUT2D eigenvalue weighted by Crippen LogP contribution is -2.63. The van der Waals surface area contributed by atoms with Gasteiger partial charge >= 0.3 is 0 Å². The Balaban J connectivity index is 0.000000337. The molecule has 0 radical (unpaired) electrons. The molecule has 15 N–H and O–H groups in total. The summed E-state index contributed by atoms with van der Waals surface area (Å²) in [5.74, 6) is -1.39. The van der Waals surface area contributed by atoms with Gasteiger partial charge in [0.2, 0.25) is 17.7 Å². The number of aliphatic hydroxyl groups excluding tert-OH is 12. The van der Waals surface area contributed by atoms with Crippen LogP contribution in [0.25, 0.3) is 0 Å². The summed E-state index contributed by atoms with van der Waals surface area (Å²) in [4.78, 5) is 32.2. The first-order valence-electron chi connectivity index (χ1n) is 13.6. The van der Waals surface area contributed by atoms with E-state index in [1.165, 1.54) is 20.8 Å². The van der Waals surface area contributed by atoms with Crippen LogP contribution in [0.15, 0.2) is 0 Å². The molecule has 0 bridgehead atoms. The monoisotopic (exact) mass is 663 g/mol. The smallest absolute Gasteiger partial charge is 0.217 e. The zero-order valence-corrected chi connectivity index (χ0v) is 24.6. The fourth-order valence-electron chi connectivity index (χ4n) is 4.46. The molecule has 45 heavy (non-hydrogen) atoms. The molecule has 0 spiro atoms. The number of hydrogen-bond donors (Lipinski definition) is 15. The fourth-order valence-corrected chi connectivity index (χ4v) is 4.46. The maximum Gasteiger partial charge on any atom is 0.217 e. The van der Waals surface area contributed by atoms with Gasteiger partial charge in [0.1, 0.15) is 73.1 Å². The van der Waals surface area contributed by atoms with Crippen LogP contribution in [0, 0.1) is 0 Å². The van der Waals surface area contributed by atoms with Crippen LogP contribution in [0.2, 0.25) is 0 Å². The van der Waals surface area contributed by atoms with Crippen LogP contribution in [-0.2, 0) is 28.6 Å². The van der Waals surface area contributed by atoms with Crippen LogP contribution in [0.5, 0.6) is 0 Å². The minimum absolute atomic E-state index is 0.462. The number of carbonyl (C=O) groups is 3. The molecule has 3 amide bonds. The largest absolute Gasteiger partial charge is 0.394 e. The van der Waals surface area contributed by atoms with E-state index in [9.17, 15) is 60.3 Å². The topological polar surface area (TPSA) is 358 Å². The highest BCUT2D eigenvalue weighted by molar-refractivity contribution is 5.74. The van der Waals surface area contributed by atoms with Crippen molar-refractivity contribution in [2.45, 2.75) is 113 Å². The van der Waals surface area contributed by atoms with E-state index in [1.54, 1.807) is 0 Å². The summed E-state index contributed by atoms with van der Waals surface area (Å²) in [5.41, 5.74) is 0. The van der Waals surface area contributed by atoms with Crippen molar-refractivity contribution in [3.05, 3.63) is 0 Å². The average molecular weight is 664 g/mol. The molecule has 3 unspecified atom stereocenters. The normalized spacial score (nSPS) is 41.3. The Morgan fingerprint density at radius 1 is 0.444 bits per heavy atom. The standard InChI is InChI=1S/3C8H15NO6/c3*1-3(11)9-5-7(13)6(12)4(2-10)15-8(5)14/h3*4-8,10,12-14H,2H2,1H3,(H,9,11)/t3*4-,5-,6-,7-,8?/m111/s1. The molecule has 0 aliphatic carbocycles. The summed E-state index contributed by atoms with van der Waals surface area (Å²) in [6, 6.07) is -3.29. The quantitative estimate of drug-likeness (QED) is 0.125. The van der Waals surface area contributed by atoms with E-state index >= 15 is 0 Å². The number of ether oxygens (including phenoxy) is 3. The Morgan fingerprint density at radius 2 is 0.644 bits per heavy atom. The van der Waals surface area contributed by atoms with Crippen LogP contribution < -0.4 is 16.0 Å². The SMILES string of the molecule is CC(=O)N[C@H]1C(O)O[C@H](CO)[C@@H](O)[C@@H]1O.CC(=O)N[C@H]1C(O)O[C@H](CO)[C@@H](O)[C@@H]1O.CC(=O)N[C@H]1C(O)O[C@H](CO)[C@@H](O)[C@@H]1O. The Labute approximate surface area is 256 Å². The Kier molecular flexibility index (Phi) is 17.1. The van der Waals surface area contributed by atoms with Crippen molar-refractivity contribution in [1.82, 2.24) is 16.0 Å². The molecule has 264 valence electrons. The first-order valence-corrected chi connectivity index (χ1v) is 13.6.